The first-order valence-electron chi connectivity index (χ1n) is 7.18. The summed E-state index contributed by atoms with van der Waals surface area (Å²) >= 11 is 4.16. The van der Waals surface area contributed by atoms with Crippen LogP contribution in [0.25, 0.3) is 0 Å². The summed E-state index contributed by atoms with van der Waals surface area (Å²) in [6, 6.07) is 0. The smallest absolute Gasteiger partial charge is 0.306 e. The van der Waals surface area contributed by atoms with Crippen LogP contribution in [0.15, 0.2) is 0 Å². The largest absolute Gasteiger partial charge is 0.457 e. The number of thiol groups is 1. The molecule has 1 aliphatic rings. The van der Waals surface area contributed by atoms with Crippen molar-refractivity contribution in [3.63, 3.8) is 0 Å². The van der Waals surface area contributed by atoms with Gasteiger partial charge in [0.05, 0.1) is 13.2 Å². The highest BCUT2D eigenvalue weighted by atomic mass is 32.1. The number of carbonyl (C=O) groups is 1. The van der Waals surface area contributed by atoms with E-state index in [4.69, 9.17) is 14.2 Å². The van der Waals surface area contributed by atoms with Crippen molar-refractivity contribution in [1.29, 1.82) is 0 Å². The predicted octanol–water partition coefficient (Wildman–Crippen LogP) is 2.95. The monoisotopic (exact) mass is 290 g/mol. The first-order valence-corrected chi connectivity index (χ1v) is 7.81. The molecule has 19 heavy (non-hydrogen) atoms. The average molecular weight is 290 g/mol. The van der Waals surface area contributed by atoms with Crippen LogP contribution in [-0.2, 0) is 19.0 Å². The quantitative estimate of drug-likeness (QED) is 0.424. The Morgan fingerprint density at radius 1 is 1.26 bits per heavy atom. The molecule has 0 aromatic rings. The van der Waals surface area contributed by atoms with Gasteiger partial charge in [0.1, 0.15) is 6.10 Å². The lowest BCUT2D eigenvalue weighted by Gasteiger charge is -2.36. The topological polar surface area (TPSA) is 44.8 Å². The molecule has 1 saturated heterocycles. The summed E-state index contributed by atoms with van der Waals surface area (Å²) in [7, 11) is 0. The zero-order chi connectivity index (χ0) is 14.1. The van der Waals surface area contributed by atoms with E-state index in [0.29, 0.717) is 25.4 Å². The third-order valence-electron chi connectivity index (χ3n) is 3.22. The molecule has 1 heterocycles. The Balaban J connectivity index is 2.10. The number of hydrogen-bond acceptors (Lipinski definition) is 5. The van der Waals surface area contributed by atoms with E-state index < -0.39 is 5.79 Å². The van der Waals surface area contributed by atoms with E-state index in [2.05, 4.69) is 19.6 Å². The molecule has 1 aliphatic heterocycles. The Morgan fingerprint density at radius 3 is 2.47 bits per heavy atom. The normalized spacial score (nSPS) is 27.2. The Hall–Kier alpha value is -0.260. The Morgan fingerprint density at radius 2 is 1.89 bits per heavy atom. The summed E-state index contributed by atoms with van der Waals surface area (Å²) in [6.45, 7) is 4.79. The fraction of sp³-hybridized carbons (Fsp3) is 0.929. The molecule has 0 aliphatic carbocycles. The van der Waals surface area contributed by atoms with Crippen molar-refractivity contribution in [3.8, 4) is 0 Å². The van der Waals surface area contributed by atoms with E-state index in [1.807, 2.05) is 6.92 Å². The third kappa shape index (κ3) is 6.63. The van der Waals surface area contributed by atoms with E-state index >= 15 is 0 Å². The highest BCUT2D eigenvalue weighted by molar-refractivity contribution is 7.80. The van der Waals surface area contributed by atoms with E-state index in [9.17, 15) is 4.79 Å². The lowest BCUT2D eigenvalue weighted by Crippen LogP contribution is -2.46. The Kier molecular flexibility index (Phi) is 7.80. The van der Waals surface area contributed by atoms with Gasteiger partial charge in [-0.3, -0.25) is 4.79 Å². The minimum absolute atomic E-state index is 0.150. The maximum atomic E-state index is 11.6. The summed E-state index contributed by atoms with van der Waals surface area (Å²) in [5.41, 5.74) is 0. The van der Waals surface area contributed by atoms with Crippen LogP contribution < -0.4 is 0 Å². The van der Waals surface area contributed by atoms with Crippen molar-refractivity contribution < 1.29 is 19.0 Å². The SMILES string of the molecule is CCCCCCCC(=O)OC1COC(C)(CS)OC1. The molecule has 0 unspecified atom stereocenters. The minimum Gasteiger partial charge on any atom is -0.457 e. The van der Waals surface area contributed by atoms with Crippen LogP contribution in [0.2, 0.25) is 0 Å². The number of esters is 1. The fourth-order valence-electron chi connectivity index (χ4n) is 1.91. The van der Waals surface area contributed by atoms with Crippen molar-refractivity contribution in [2.45, 2.75) is 64.3 Å². The van der Waals surface area contributed by atoms with E-state index in [-0.39, 0.29) is 12.1 Å². The second-order valence-electron chi connectivity index (χ2n) is 5.19. The Bertz CT molecular complexity index is 262. The molecule has 5 heteroatoms. The van der Waals surface area contributed by atoms with Crippen molar-refractivity contribution in [3.05, 3.63) is 0 Å². The molecule has 4 nitrogen and oxygen atoms in total. The van der Waals surface area contributed by atoms with E-state index in [0.717, 1.165) is 12.8 Å². The second kappa shape index (κ2) is 8.82. The first kappa shape index (κ1) is 16.8. The van der Waals surface area contributed by atoms with Crippen molar-refractivity contribution in [2.24, 2.45) is 0 Å². The molecule has 0 spiro atoms. The number of unbranched alkanes of at least 4 members (excludes halogenated alkanes) is 4. The van der Waals surface area contributed by atoms with E-state index in [1.54, 1.807) is 0 Å². The summed E-state index contributed by atoms with van der Waals surface area (Å²) in [6.07, 6.45) is 5.85. The number of rotatable bonds is 8. The van der Waals surface area contributed by atoms with Gasteiger partial charge in [0.2, 0.25) is 0 Å². The number of carbonyl (C=O) groups excluding carboxylic acids is 1. The molecule has 0 radical (unpaired) electrons. The lowest BCUT2D eigenvalue weighted by atomic mass is 10.1. The summed E-state index contributed by atoms with van der Waals surface area (Å²) in [5.74, 6) is -0.305. The van der Waals surface area contributed by atoms with Gasteiger partial charge in [-0.1, -0.05) is 32.6 Å². The summed E-state index contributed by atoms with van der Waals surface area (Å²) < 4.78 is 16.3. The lowest BCUT2D eigenvalue weighted by molar-refractivity contribution is -0.273. The van der Waals surface area contributed by atoms with Gasteiger partial charge in [0.15, 0.2) is 5.79 Å². The minimum atomic E-state index is -0.647. The molecule has 1 fully saturated rings. The molecule has 1 rings (SSSR count). The number of hydrogen-bond donors (Lipinski definition) is 1. The molecule has 0 bridgehead atoms. The third-order valence-corrected chi connectivity index (χ3v) is 3.79. The van der Waals surface area contributed by atoms with Crippen molar-refractivity contribution >= 4 is 18.6 Å². The van der Waals surface area contributed by atoms with Gasteiger partial charge in [-0.15, -0.1) is 0 Å². The maximum absolute atomic E-state index is 11.6. The van der Waals surface area contributed by atoms with Crippen LogP contribution in [0.1, 0.15) is 52.4 Å². The summed E-state index contributed by atoms with van der Waals surface area (Å²) in [5, 5.41) is 0. The van der Waals surface area contributed by atoms with E-state index in [1.165, 1.54) is 19.3 Å². The number of ether oxygens (including phenoxy) is 3. The standard InChI is InChI=1S/C14H26O4S/c1-3-4-5-6-7-8-13(15)18-12-9-16-14(2,11-19)17-10-12/h12,19H,3-11H2,1-2H3. The van der Waals surface area contributed by atoms with Gasteiger partial charge in [-0.25, -0.2) is 0 Å². The molecule has 0 N–H and O–H groups in total. The van der Waals surface area contributed by atoms with Gasteiger partial charge in [-0.2, -0.15) is 12.6 Å². The van der Waals surface area contributed by atoms with Crippen LogP contribution in [0.3, 0.4) is 0 Å². The fourth-order valence-corrected chi connectivity index (χ4v) is 2.09. The van der Waals surface area contributed by atoms with Crippen LogP contribution in [-0.4, -0.2) is 36.8 Å². The van der Waals surface area contributed by atoms with Crippen LogP contribution in [0.5, 0.6) is 0 Å². The molecule has 0 amide bonds. The van der Waals surface area contributed by atoms with Gasteiger partial charge in [0.25, 0.3) is 0 Å². The van der Waals surface area contributed by atoms with Crippen LogP contribution in [0, 0.1) is 0 Å². The van der Waals surface area contributed by atoms with Crippen molar-refractivity contribution in [2.75, 3.05) is 19.0 Å². The zero-order valence-corrected chi connectivity index (χ0v) is 12.9. The van der Waals surface area contributed by atoms with Gasteiger partial charge in [0, 0.05) is 12.2 Å². The molecule has 0 atom stereocenters. The summed E-state index contributed by atoms with van der Waals surface area (Å²) in [4.78, 5) is 11.6. The van der Waals surface area contributed by atoms with Crippen LogP contribution >= 0.6 is 12.6 Å². The van der Waals surface area contributed by atoms with Crippen molar-refractivity contribution in [1.82, 2.24) is 0 Å². The molecule has 112 valence electrons. The Labute approximate surface area is 121 Å². The molecular weight excluding hydrogens is 264 g/mol. The molecule has 0 saturated carbocycles. The molecule has 0 aromatic carbocycles. The zero-order valence-electron chi connectivity index (χ0n) is 12.0. The highest BCUT2D eigenvalue weighted by Gasteiger charge is 2.33. The molecular formula is C14H26O4S. The molecule has 0 aromatic heterocycles. The highest BCUT2D eigenvalue weighted by Crippen LogP contribution is 2.21. The maximum Gasteiger partial charge on any atom is 0.306 e. The average Bonchev–Trinajstić information content (AvgIpc) is 2.41. The van der Waals surface area contributed by atoms with Gasteiger partial charge < -0.3 is 14.2 Å². The van der Waals surface area contributed by atoms with Gasteiger partial charge >= 0.3 is 5.97 Å². The predicted molar refractivity (Wildman–Crippen MR) is 77.4 cm³/mol. The van der Waals surface area contributed by atoms with Gasteiger partial charge in [-0.05, 0) is 13.3 Å². The van der Waals surface area contributed by atoms with Crippen LogP contribution in [0.4, 0.5) is 0 Å². The first-order chi connectivity index (χ1) is 9.09. The second-order valence-corrected chi connectivity index (χ2v) is 5.51.